The third kappa shape index (κ3) is 3.78. The molecule has 7 nitrogen and oxygen atoms in total. The Morgan fingerprint density at radius 3 is 2.91 bits per heavy atom. The fourth-order valence-corrected chi connectivity index (χ4v) is 2.96. The number of benzene rings is 1. The van der Waals surface area contributed by atoms with Crippen molar-refractivity contribution >= 4 is 29.3 Å². The number of H-pyrrole nitrogens is 1. The Labute approximate surface area is 135 Å². The zero-order chi connectivity index (χ0) is 16.2. The summed E-state index contributed by atoms with van der Waals surface area (Å²) in [5.41, 5.74) is 1.65. The maximum absolute atomic E-state index is 11.9. The highest BCUT2D eigenvalue weighted by molar-refractivity contribution is 8.00. The van der Waals surface area contributed by atoms with Crippen molar-refractivity contribution < 1.29 is 9.59 Å². The van der Waals surface area contributed by atoms with Crippen molar-refractivity contribution in [3.05, 3.63) is 51.9 Å². The molecule has 23 heavy (non-hydrogen) atoms. The van der Waals surface area contributed by atoms with E-state index in [-0.39, 0.29) is 23.1 Å². The molecule has 1 aromatic heterocycles. The lowest BCUT2D eigenvalue weighted by molar-refractivity contribution is -0.113. The van der Waals surface area contributed by atoms with Crippen molar-refractivity contribution in [2.75, 3.05) is 17.6 Å². The molecule has 0 fully saturated rings. The van der Waals surface area contributed by atoms with E-state index in [1.54, 1.807) is 0 Å². The standard InChI is InChI=1S/C15H14N4O3S/c20-13-4-2-10(18-19-13)15(22)16-6-5-9-1-3-12-11(7-9)17-14(21)8-23-12/h1-4,7H,5-6,8H2,(H,16,22)(H,17,21)(H,19,20). The van der Waals surface area contributed by atoms with E-state index < -0.39 is 0 Å². The number of nitrogens with zero attached hydrogens (tertiary/aromatic N) is 1. The maximum atomic E-state index is 11.9. The number of fused-ring (bicyclic) bond motifs is 1. The second-order valence-corrected chi connectivity index (χ2v) is 6.00. The molecular weight excluding hydrogens is 316 g/mol. The van der Waals surface area contributed by atoms with Gasteiger partial charge in [-0.15, -0.1) is 11.8 Å². The number of aromatic amines is 1. The Hall–Kier alpha value is -2.61. The zero-order valence-electron chi connectivity index (χ0n) is 12.1. The highest BCUT2D eigenvalue weighted by Crippen LogP contribution is 2.31. The van der Waals surface area contributed by atoms with Crippen molar-refractivity contribution in [2.24, 2.45) is 0 Å². The minimum absolute atomic E-state index is 0.00269. The largest absolute Gasteiger partial charge is 0.350 e. The summed E-state index contributed by atoms with van der Waals surface area (Å²) in [5, 5.41) is 11.5. The summed E-state index contributed by atoms with van der Waals surface area (Å²) in [6.45, 7) is 0.430. The molecule has 2 aromatic rings. The first-order valence-electron chi connectivity index (χ1n) is 7.01. The molecule has 1 aromatic carbocycles. The van der Waals surface area contributed by atoms with Crippen molar-refractivity contribution in [2.45, 2.75) is 11.3 Å². The Balaban J connectivity index is 1.57. The molecule has 0 saturated heterocycles. The molecule has 8 heteroatoms. The number of aromatic nitrogens is 2. The quantitative estimate of drug-likeness (QED) is 0.769. The lowest BCUT2D eigenvalue weighted by Crippen LogP contribution is -2.27. The zero-order valence-corrected chi connectivity index (χ0v) is 12.9. The summed E-state index contributed by atoms with van der Waals surface area (Å²) < 4.78 is 0. The average molecular weight is 330 g/mol. The van der Waals surface area contributed by atoms with E-state index in [1.165, 1.54) is 23.9 Å². The highest BCUT2D eigenvalue weighted by atomic mass is 32.2. The molecule has 0 spiro atoms. The first-order chi connectivity index (χ1) is 11.1. The number of hydrogen-bond acceptors (Lipinski definition) is 5. The fraction of sp³-hybridized carbons (Fsp3) is 0.200. The Bertz CT molecular complexity index is 798. The molecule has 1 aliphatic rings. The third-order valence-corrected chi connectivity index (χ3v) is 4.36. The molecule has 0 unspecified atom stereocenters. The van der Waals surface area contributed by atoms with Crippen LogP contribution >= 0.6 is 11.8 Å². The second-order valence-electron chi connectivity index (χ2n) is 4.98. The van der Waals surface area contributed by atoms with Crippen LogP contribution in [0.5, 0.6) is 0 Å². The molecule has 0 bridgehead atoms. The monoisotopic (exact) mass is 330 g/mol. The summed E-state index contributed by atoms with van der Waals surface area (Å²) in [5.74, 6) is 0.0920. The van der Waals surface area contributed by atoms with Crippen LogP contribution in [0.3, 0.4) is 0 Å². The van der Waals surface area contributed by atoms with Crippen molar-refractivity contribution in [1.82, 2.24) is 15.5 Å². The van der Waals surface area contributed by atoms with Gasteiger partial charge in [-0.25, -0.2) is 5.10 Å². The topological polar surface area (TPSA) is 104 Å². The number of hydrogen-bond donors (Lipinski definition) is 3. The van der Waals surface area contributed by atoms with Crippen molar-refractivity contribution in [3.63, 3.8) is 0 Å². The number of nitrogens with one attached hydrogen (secondary N) is 3. The van der Waals surface area contributed by atoms with Gasteiger partial charge in [-0.1, -0.05) is 6.07 Å². The molecule has 0 aliphatic carbocycles. The van der Waals surface area contributed by atoms with Gasteiger partial charge in [0, 0.05) is 17.5 Å². The Kier molecular flexibility index (Phi) is 4.42. The van der Waals surface area contributed by atoms with Gasteiger partial charge in [0.1, 0.15) is 5.69 Å². The molecule has 1 aliphatic heterocycles. The minimum Gasteiger partial charge on any atom is -0.350 e. The summed E-state index contributed by atoms with van der Waals surface area (Å²) in [7, 11) is 0. The van der Waals surface area contributed by atoms with E-state index in [0.717, 1.165) is 16.1 Å². The molecule has 2 amide bonds. The summed E-state index contributed by atoms with van der Waals surface area (Å²) in [4.78, 5) is 35.2. The maximum Gasteiger partial charge on any atom is 0.271 e. The van der Waals surface area contributed by atoms with E-state index in [2.05, 4.69) is 20.8 Å². The molecule has 2 heterocycles. The third-order valence-electron chi connectivity index (χ3n) is 3.29. The minimum atomic E-state index is -0.351. The number of rotatable bonds is 4. The summed E-state index contributed by atoms with van der Waals surface area (Å²) in [6.07, 6.45) is 0.628. The number of thioether (sulfide) groups is 1. The van der Waals surface area contributed by atoms with Crippen molar-refractivity contribution in [1.29, 1.82) is 0 Å². The number of carbonyl (C=O) groups is 2. The molecule has 118 valence electrons. The van der Waals surface area contributed by atoms with Crippen LogP contribution in [-0.2, 0) is 11.2 Å². The van der Waals surface area contributed by atoms with E-state index in [4.69, 9.17) is 0 Å². The smallest absolute Gasteiger partial charge is 0.271 e. The molecular formula is C15H14N4O3S. The SMILES string of the molecule is O=C1CSc2ccc(CCNC(=O)c3ccc(=O)[nH]n3)cc2N1. The molecule has 3 rings (SSSR count). The van der Waals surface area contributed by atoms with Crippen LogP contribution in [0.25, 0.3) is 0 Å². The first kappa shape index (κ1) is 15.3. The molecule has 0 atom stereocenters. The van der Waals surface area contributed by atoms with Gasteiger partial charge < -0.3 is 10.6 Å². The summed E-state index contributed by atoms with van der Waals surface area (Å²) in [6, 6.07) is 8.50. The van der Waals surface area contributed by atoms with Gasteiger partial charge in [0.25, 0.3) is 11.5 Å². The molecule has 0 saturated carbocycles. The molecule has 3 N–H and O–H groups in total. The summed E-state index contributed by atoms with van der Waals surface area (Å²) >= 11 is 1.51. The Morgan fingerprint density at radius 1 is 1.26 bits per heavy atom. The van der Waals surface area contributed by atoms with Crippen LogP contribution in [0, 0.1) is 0 Å². The predicted molar refractivity (Wildman–Crippen MR) is 86.7 cm³/mol. The molecule has 0 radical (unpaired) electrons. The number of anilines is 1. The van der Waals surface area contributed by atoms with Gasteiger partial charge in [0.15, 0.2) is 0 Å². The van der Waals surface area contributed by atoms with E-state index in [9.17, 15) is 14.4 Å². The highest BCUT2D eigenvalue weighted by Gasteiger charge is 2.15. The van der Waals surface area contributed by atoms with Gasteiger partial charge in [-0.2, -0.15) is 5.10 Å². The van der Waals surface area contributed by atoms with Gasteiger partial charge in [0.05, 0.1) is 11.4 Å². The van der Waals surface area contributed by atoms with E-state index in [0.29, 0.717) is 18.7 Å². The number of carbonyl (C=O) groups excluding carboxylic acids is 2. The number of amides is 2. The van der Waals surface area contributed by atoms with Crippen LogP contribution in [0.1, 0.15) is 16.1 Å². The second kappa shape index (κ2) is 6.66. The van der Waals surface area contributed by atoms with Crippen molar-refractivity contribution in [3.8, 4) is 0 Å². The van der Waals surface area contributed by atoms with Gasteiger partial charge in [-0.3, -0.25) is 14.4 Å². The first-order valence-corrected chi connectivity index (χ1v) is 8.00. The average Bonchev–Trinajstić information content (AvgIpc) is 2.55. The van der Waals surface area contributed by atoms with Gasteiger partial charge in [-0.05, 0) is 30.2 Å². The van der Waals surface area contributed by atoms with Crippen LogP contribution in [0.15, 0.2) is 40.0 Å². The van der Waals surface area contributed by atoms with Crippen LogP contribution < -0.4 is 16.2 Å². The van der Waals surface area contributed by atoms with Crippen LogP contribution in [0.4, 0.5) is 5.69 Å². The fourth-order valence-electron chi connectivity index (χ4n) is 2.17. The lowest BCUT2D eigenvalue weighted by Gasteiger charge is -2.17. The Morgan fingerprint density at radius 2 is 2.13 bits per heavy atom. The predicted octanol–water partition coefficient (Wildman–Crippen LogP) is 0.787. The van der Waals surface area contributed by atoms with E-state index in [1.807, 2.05) is 18.2 Å². The van der Waals surface area contributed by atoms with Crippen LogP contribution in [-0.4, -0.2) is 34.3 Å². The van der Waals surface area contributed by atoms with Crippen LogP contribution in [0.2, 0.25) is 0 Å². The van der Waals surface area contributed by atoms with Gasteiger partial charge in [0.2, 0.25) is 5.91 Å². The van der Waals surface area contributed by atoms with Gasteiger partial charge >= 0.3 is 0 Å². The normalized spacial score (nSPS) is 13.1. The van der Waals surface area contributed by atoms with E-state index >= 15 is 0 Å². The lowest BCUT2D eigenvalue weighted by atomic mass is 10.1.